The summed E-state index contributed by atoms with van der Waals surface area (Å²) in [6.07, 6.45) is 6.12. The van der Waals surface area contributed by atoms with Crippen molar-refractivity contribution in [3.05, 3.63) is 29.6 Å². The first-order chi connectivity index (χ1) is 9.90. The zero-order valence-electron chi connectivity index (χ0n) is 13.0. The summed E-state index contributed by atoms with van der Waals surface area (Å²) < 4.78 is 25.0. The molecule has 0 aromatic carbocycles. The normalized spacial score (nSPS) is 22.1. The van der Waals surface area contributed by atoms with Crippen LogP contribution in [0.3, 0.4) is 0 Å². The highest BCUT2D eigenvalue weighted by Crippen LogP contribution is 2.28. The van der Waals surface area contributed by atoms with Crippen molar-refractivity contribution in [1.29, 1.82) is 0 Å². The third-order valence-electron chi connectivity index (χ3n) is 4.19. The largest absolute Gasteiger partial charge is 0.313 e. The molecule has 2 rings (SSSR count). The van der Waals surface area contributed by atoms with E-state index in [2.05, 4.69) is 16.4 Å². The number of rotatable bonds is 5. The van der Waals surface area contributed by atoms with Crippen LogP contribution >= 0.6 is 0 Å². The Hall–Kier alpha value is -0.980. The molecule has 1 N–H and O–H groups in total. The van der Waals surface area contributed by atoms with Crippen molar-refractivity contribution < 1.29 is 8.42 Å². The maximum Gasteiger partial charge on any atom is 0.211 e. The number of hydrogen-bond donors (Lipinski definition) is 1. The monoisotopic (exact) mass is 311 g/mol. The summed E-state index contributed by atoms with van der Waals surface area (Å²) in [7, 11) is -1.11. The molecule has 1 aliphatic heterocycles. The standard InChI is InChI=1S/C15H25N3O2S/c1-12-9-14(6-7-17-12)15(16-2)10-13-5-4-8-18(11-13)21(3,19)20/h6-7,9,13,15-16H,4-5,8,10-11H2,1-3H3. The van der Waals surface area contributed by atoms with E-state index in [9.17, 15) is 8.42 Å². The first kappa shape index (κ1) is 16.4. The Morgan fingerprint density at radius 1 is 1.52 bits per heavy atom. The molecule has 0 aliphatic carbocycles. The third kappa shape index (κ3) is 4.49. The lowest BCUT2D eigenvalue weighted by atomic mass is 9.89. The van der Waals surface area contributed by atoms with Gasteiger partial charge in [-0.05, 0) is 56.8 Å². The average molecular weight is 311 g/mol. The van der Waals surface area contributed by atoms with Crippen molar-refractivity contribution in [3.63, 3.8) is 0 Å². The van der Waals surface area contributed by atoms with E-state index < -0.39 is 10.0 Å². The fraction of sp³-hybridized carbons (Fsp3) is 0.667. The van der Waals surface area contributed by atoms with Gasteiger partial charge in [0.25, 0.3) is 0 Å². The summed E-state index contributed by atoms with van der Waals surface area (Å²) in [6, 6.07) is 4.38. The van der Waals surface area contributed by atoms with Crippen LogP contribution in [0, 0.1) is 12.8 Å². The first-order valence-electron chi connectivity index (χ1n) is 7.45. The fourth-order valence-corrected chi connectivity index (χ4v) is 4.00. The van der Waals surface area contributed by atoms with Gasteiger partial charge in [0.2, 0.25) is 10.0 Å². The van der Waals surface area contributed by atoms with Crippen LogP contribution < -0.4 is 5.32 Å². The Labute approximate surface area is 127 Å². The maximum atomic E-state index is 11.7. The number of piperidine rings is 1. The number of sulfonamides is 1. The van der Waals surface area contributed by atoms with Crippen LogP contribution in [0.2, 0.25) is 0 Å². The van der Waals surface area contributed by atoms with Crippen molar-refractivity contribution in [1.82, 2.24) is 14.6 Å². The summed E-state index contributed by atoms with van der Waals surface area (Å²) in [6.45, 7) is 3.29. The second-order valence-electron chi connectivity index (χ2n) is 5.94. The van der Waals surface area contributed by atoms with E-state index in [0.717, 1.165) is 25.0 Å². The van der Waals surface area contributed by atoms with Gasteiger partial charge < -0.3 is 5.32 Å². The molecule has 118 valence electrons. The fourth-order valence-electron chi connectivity index (χ4n) is 3.06. The van der Waals surface area contributed by atoms with Crippen LogP contribution in [0.1, 0.15) is 36.6 Å². The molecule has 1 saturated heterocycles. The summed E-state index contributed by atoms with van der Waals surface area (Å²) in [5.74, 6) is 0.402. The van der Waals surface area contributed by atoms with Crippen LogP contribution in [-0.2, 0) is 10.0 Å². The Morgan fingerprint density at radius 3 is 2.90 bits per heavy atom. The number of nitrogens with zero attached hydrogens (tertiary/aromatic N) is 2. The lowest BCUT2D eigenvalue weighted by Crippen LogP contribution is -2.40. The summed E-state index contributed by atoms with van der Waals surface area (Å²) in [5.41, 5.74) is 2.23. The van der Waals surface area contributed by atoms with Gasteiger partial charge in [-0.15, -0.1) is 0 Å². The molecule has 2 atom stereocenters. The molecule has 1 aromatic rings. The number of nitrogens with one attached hydrogen (secondary N) is 1. The molecule has 0 saturated carbocycles. The van der Waals surface area contributed by atoms with E-state index in [1.54, 1.807) is 4.31 Å². The predicted octanol–water partition coefficient (Wildman–Crippen LogP) is 1.71. The van der Waals surface area contributed by atoms with Crippen LogP contribution in [0.15, 0.2) is 18.3 Å². The molecule has 2 unspecified atom stereocenters. The van der Waals surface area contributed by atoms with Crippen LogP contribution in [0.25, 0.3) is 0 Å². The zero-order chi connectivity index (χ0) is 15.5. The molecule has 2 heterocycles. The number of pyridine rings is 1. The van der Waals surface area contributed by atoms with Crippen LogP contribution in [0.5, 0.6) is 0 Å². The number of hydrogen-bond acceptors (Lipinski definition) is 4. The molecule has 1 fully saturated rings. The van der Waals surface area contributed by atoms with Gasteiger partial charge >= 0.3 is 0 Å². The third-order valence-corrected chi connectivity index (χ3v) is 5.46. The summed E-state index contributed by atoms with van der Waals surface area (Å²) >= 11 is 0. The van der Waals surface area contributed by atoms with Crippen molar-refractivity contribution in [2.45, 2.75) is 32.2 Å². The average Bonchev–Trinajstić information content (AvgIpc) is 2.44. The zero-order valence-corrected chi connectivity index (χ0v) is 13.9. The smallest absolute Gasteiger partial charge is 0.211 e. The summed E-state index contributed by atoms with van der Waals surface area (Å²) in [5, 5.41) is 3.35. The van der Waals surface area contributed by atoms with Gasteiger partial charge in [0.15, 0.2) is 0 Å². The minimum absolute atomic E-state index is 0.246. The molecule has 1 aromatic heterocycles. The predicted molar refractivity (Wildman–Crippen MR) is 84.5 cm³/mol. The van der Waals surface area contributed by atoms with Gasteiger partial charge in [0.05, 0.1) is 6.26 Å². The minimum atomic E-state index is -3.07. The van der Waals surface area contributed by atoms with Crippen molar-refractivity contribution in [2.75, 3.05) is 26.4 Å². The highest BCUT2D eigenvalue weighted by atomic mass is 32.2. The van der Waals surface area contributed by atoms with E-state index in [0.29, 0.717) is 19.0 Å². The van der Waals surface area contributed by atoms with Gasteiger partial charge in [-0.2, -0.15) is 0 Å². The van der Waals surface area contributed by atoms with Crippen molar-refractivity contribution in [3.8, 4) is 0 Å². The topological polar surface area (TPSA) is 62.3 Å². The second kappa shape index (κ2) is 6.85. The number of aromatic nitrogens is 1. The lowest BCUT2D eigenvalue weighted by Gasteiger charge is -2.33. The van der Waals surface area contributed by atoms with E-state index in [4.69, 9.17) is 0 Å². The Kier molecular flexibility index (Phi) is 5.35. The molecule has 1 aliphatic rings. The molecule has 21 heavy (non-hydrogen) atoms. The van der Waals surface area contributed by atoms with Crippen LogP contribution in [0.4, 0.5) is 0 Å². The number of aryl methyl sites for hydroxylation is 1. The summed E-state index contributed by atoms with van der Waals surface area (Å²) in [4.78, 5) is 4.23. The second-order valence-corrected chi connectivity index (χ2v) is 7.92. The highest BCUT2D eigenvalue weighted by Gasteiger charge is 2.27. The van der Waals surface area contributed by atoms with Gasteiger partial charge in [0, 0.05) is 31.0 Å². The molecule has 0 bridgehead atoms. The van der Waals surface area contributed by atoms with Gasteiger partial charge in [0.1, 0.15) is 0 Å². The van der Waals surface area contributed by atoms with E-state index in [1.165, 1.54) is 11.8 Å². The quantitative estimate of drug-likeness (QED) is 0.899. The molecule has 6 heteroatoms. The molecule has 0 amide bonds. The first-order valence-corrected chi connectivity index (χ1v) is 9.30. The highest BCUT2D eigenvalue weighted by molar-refractivity contribution is 7.88. The van der Waals surface area contributed by atoms with E-state index in [-0.39, 0.29) is 6.04 Å². The molecule has 0 spiro atoms. The van der Waals surface area contributed by atoms with Gasteiger partial charge in [-0.1, -0.05) is 0 Å². The van der Waals surface area contributed by atoms with Crippen LogP contribution in [-0.4, -0.2) is 44.1 Å². The molecule has 0 radical (unpaired) electrons. The molecule has 5 nitrogen and oxygen atoms in total. The Morgan fingerprint density at radius 2 is 2.29 bits per heavy atom. The SMILES string of the molecule is CNC(CC1CCCN(S(C)(=O)=O)C1)c1ccnc(C)c1. The van der Waals surface area contributed by atoms with E-state index in [1.807, 2.05) is 26.2 Å². The van der Waals surface area contributed by atoms with Gasteiger partial charge in [-0.3, -0.25) is 4.98 Å². The maximum absolute atomic E-state index is 11.7. The van der Waals surface area contributed by atoms with Crippen molar-refractivity contribution >= 4 is 10.0 Å². The Balaban J connectivity index is 2.05. The van der Waals surface area contributed by atoms with E-state index >= 15 is 0 Å². The molecular formula is C15H25N3O2S. The van der Waals surface area contributed by atoms with Crippen molar-refractivity contribution in [2.24, 2.45) is 5.92 Å². The molecular weight excluding hydrogens is 286 g/mol. The van der Waals surface area contributed by atoms with Gasteiger partial charge in [-0.25, -0.2) is 12.7 Å². The minimum Gasteiger partial charge on any atom is -0.313 e. The Bertz CT molecular complexity index is 574. The lowest BCUT2D eigenvalue weighted by molar-refractivity contribution is 0.240.